The molecule has 3 rings (SSSR count). The zero-order valence-electron chi connectivity index (χ0n) is 18.0. The van der Waals surface area contributed by atoms with Gasteiger partial charge in [-0.05, 0) is 42.3 Å². The van der Waals surface area contributed by atoms with Crippen LogP contribution in [0.15, 0.2) is 48.5 Å². The van der Waals surface area contributed by atoms with Crippen LogP contribution in [0.25, 0.3) is 0 Å². The molecule has 178 valence electrons. The fourth-order valence-electron chi connectivity index (χ4n) is 3.67. The lowest BCUT2D eigenvalue weighted by atomic mass is 10.0. The first-order valence-corrected chi connectivity index (χ1v) is 12.0. The van der Waals surface area contributed by atoms with Gasteiger partial charge in [-0.3, -0.25) is 14.3 Å². The SMILES string of the molecule is CC(NC(=O)C1CC(=O)N(Cc2cccc(C(F)(F)F)c2)C1)c1cccc(NS(C)(=O)=O)c1. The molecule has 2 amide bonds. The fourth-order valence-corrected chi connectivity index (χ4v) is 4.22. The van der Waals surface area contributed by atoms with Crippen LogP contribution in [0.2, 0.25) is 0 Å². The number of alkyl halides is 3. The number of carbonyl (C=O) groups is 2. The van der Waals surface area contributed by atoms with Gasteiger partial charge in [-0.25, -0.2) is 8.42 Å². The van der Waals surface area contributed by atoms with E-state index in [9.17, 15) is 31.2 Å². The number of hydrogen-bond acceptors (Lipinski definition) is 4. The summed E-state index contributed by atoms with van der Waals surface area (Å²) in [4.78, 5) is 26.5. The Hall–Kier alpha value is -3.08. The Balaban J connectivity index is 1.62. The monoisotopic (exact) mass is 483 g/mol. The van der Waals surface area contributed by atoms with Gasteiger partial charge in [0.2, 0.25) is 21.8 Å². The van der Waals surface area contributed by atoms with Gasteiger partial charge in [-0.15, -0.1) is 0 Å². The molecule has 0 spiro atoms. The maximum Gasteiger partial charge on any atom is 0.416 e. The quantitative estimate of drug-likeness (QED) is 0.632. The highest BCUT2D eigenvalue weighted by Crippen LogP contribution is 2.30. The van der Waals surface area contributed by atoms with Crippen molar-refractivity contribution in [3.63, 3.8) is 0 Å². The number of sulfonamides is 1. The van der Waals surface area contributed by atoms with Gasteiger partial charge in [-0.1, -0.05) is 24.3 Å². The number of nitrogens with zero attached hydrogens (tertiary/aromatic N) is 1. The third kappa shape index (κ3) is 6.70. The van der Waals surface area contributed by atoms with Crippen molar-refractivity contribution in [2.24, 2.45) is 5.92 Å². The van der Waals surface area contributed by atoms with Crippen LogP contribution >= 0.6 is 0 Å². The molecule has 2 atom stereocenters. The van der Waals surface area contributed by atoms with Crippen molar-refractivity contribution in [2.45, 2.75) is 32.1 Å². The predicted molar refractivity (Wildman–Crippen MR) is 116 cm³/mol. The normalized spacial score (nSPS) is 17.7. The Morgan fingerprint density at radius 1 is 1.18 bits per heavy atom. The standard InChI is InChI=1S/C22H24F3N3O4S/c1-14(16-6-4-8-19(10-16)27-33(2,31)32)26-21(30)17-11-20(29)28(13-17)12-15-5-3-7-18(9-15)22(23,24)25/h3-10,14,17,27H,11-13H2,1-2H3,(H,26,30). The van der Waals surface area contributed by atoms with Crippen LogP contribution in [-0.2, 0) is 32.3 Å². The number of anilines is 1. The highest BCUT2D eigenvalue weighted by Gasteiger charge is 2.35. The summed E-state index contributed by atoms with van der Waals surface area (Å²) in [6, 6.07) is 10.9. The van der Waals surface area contributed by atoms with E-state index in [0.717, 1.165) is 18.4 Å². The van der Waals surface area contributed by atoms with Crippen LogP contribution in [0.4, 0.5) is 18.9 Å². The lowest BCUT2D eigenvalue weighted by molar-refractivity contribution is -0.137. The molecule has 33 heavy (non-hydrogen) atoms. The van der Waals surface area contributed by atoms with E-state index in [1.54, 1.807) is 31.2 Å². The van der Waals surface area contributed by atoms with Gasteiger partial charge in [0, 0.05) is 25.2 Å². The van der Waals surface area contributed by atoms with E-state index in [0.29, 0.717) is 16.8 Å². The Bertz CT molecular complexity index is 1150. The number of carbonyl (C=O) groups excluding carboxylic acids is 2. The number of hydrogen-bond donors (Lipinski definition) is 2. The summed E-state index contributed by atoms with van der Waals surface area (Å²) in [5, 5.41) is 2.82. The molecule has 1 heterocycles. The van der Waals surface area contributed by atoms with Gasteiger partial charge in [0.15, 0.2) is 0 Å². The molecule has 1 fully saturated rings. The van der Waals surface area contributed by atoms with Gasteiger partial charge < -0.3 is 10.2 Å². The maximum atomic E-state index is 12.9. The summed E-state index contributed by atoms with van der Waals surface area (Å²) >= 11 is 0. The summed E-state index contributed by atoms with van der Waals surface area (Å²) in [6.07, 6.45) is -3.47. The van der Waals surface area contributed by atoms with Crippen LogP contribution in [0.1, 0.15) is 36.1 Å². The minimum absolute atomic E-state index is 0.0126. The van der Waals surface area contributed by atoms with Gasteiger partial charge in [0.25, 0.3) is 0 Å². The molecule has 0 bridgehead atoms. The van der Waals surface area contributed by atoms with Gasteiger partial charge >= 0.3 is 6.18 Å². The van der Waals surface area contributed by atoms with E-state index in [-0.39, 0.29) is 31.3 Å². The highest BCUT2D eigenvalue weighted by molar-refractivity contribution is 7.92. The molecule has 11 heteroatoms. The van der Waals surface area contributed by atoms with E-state index in [4.69, 9.17) is 0 Å². The molecule has 1 aliphatic heterocycles. The number of nitrogens with one attached hydrogen (secondary N) is 2. The molecule has 0 aromatic heterocycles. The molecule has 0 aliphatic carbocycles. The Kier molecular flexibility index (Phi) is 7.01. The van der Waals surface area contributed by atoms with Crippen LogP contribution in [0, 0.1) is 5.92 Å². The summed E-state index contributed by atoms with van der Waals surface area (Å²) in [5.41, 5.74) is 0.576. The second-order valence-electron chi connectivity index (χ2n) is 8.10. The lowest BCUT2D eigenvalue weighted by Crippen LogP contribution is -2.34. The fraction of sp³-hybridized carbons (Fsp3) is 0.364. The molecule has 0 radical (unpaired) electrons. The number of likely N-dealkylation sites (tertiary alicyclic amines) is 1. The molecule has 0 saturated carbocycles. The number of amides is 2. The average Bonchev–Trinajstić information content (AvgIpc) is 3.07. The molecule has 7 nitrogen and oxygen atoms in total. The smallest absolute Gasteiger partial charge is 0.349 e. The first kappa shape index (κ1) is 24.6. The van der Waals surface area contributed by atoms with Crippen molar-refractivity contribution in [3.05, 3.63) is 65.2 Å². The Morgan fingerprint density at radius 2 is 1.88 bits per heavy atom. The first-order valence-electron chi connectivity index (χ1n) is 10.1. The van der Waals surface area contributed by atoms with Crippen LogP contribution in [0.5, 0.6) is 0 Å². The molecular weight excluding hydrogens is 459 g/mol. The van der Waals surface area contributed by atoms with E-state index in [1.165, 1.54) is 17.0 Å². The third-order valence-electron chi connectivity index (χ3n) is 5.26. The molecule has 2 N–H and O–H groups in total. The van der Waals surface area contributed by atoms with Crippen LogP contribution in [0.3, 0.4) is 0 Å². The number of rotatable bonds is 7. The largest absolute Gasteiger partial charge is 0.416 e. The number of halogens is 3. The van der Waals surface area contributed by atoms with Crippen molar-refractivity contribution in [2.75, 3.05) is 17.5 Å². The van der Waals surface area contributed by atoms with Gasteiger partial charge in [0.05, 0.1) is 23.8 Å². The summed E-state index contributed by atoms with van der Waals surface area (Å²) in [6.45, 7) is 1.82. The molecule has 2 aromatic carbocycles. The van der Waals surface area contributed by atoms with Crippen molar-refractivity contribution in [3.8, 4) is 0 Å². The molecule has 2 aromatic rings. The minimum Gasteiger partial charge on any atom is -0.349 e. The molecule has 1 saturated heterocycles. The van der Waals surface area contributed by atoms with Crippen LogP contribution < -0.4 is 10.0 Å². The zero-order valence-corrected chi connectivity index (χ0v) is 18.8. The van der Waals surface area contributed by atoms with E-state index >= 15 is 0 Å². The lowest BCUT2D eigenvalue weighted by Gasteiger charge is -2.19. The Labute approximate surface area is 190 Å². The predicted octanol–water partition coefficient (Wildman–Crippen LogP) is 3.30. The highest BCUT2D eigenvalue weighted by atomic mass is 32.2. The molecular formula is C22H24F3N3O4S. The molecule has 1 aliphatic rings. The summed E-state index contributed by atoms with van der Waals surface area (Å²) in [5.74, 6) is -1.30. The molecule has 2 unspecified atom stereocenters. The van der Waals surface area contributed by atoms with E-state index in [1.807, 2.05) is 0 Å². The first-order chi connectivity index (χ1) is 15.3. The van der Waals surface area contributed by atoms with E-state index in [2.05, 4.69) is 10.0 Å². The van der Waals surface area contributed by atoms with Crippen molar-refractivity contribution >= 4 is 27.5 Å². The number of benzene rings is 2. The second-order valence-corrected chi connectivity index (χ2v) is 9.85. The summed E-state index contributed by atoms with van der Waals surface area (Å²) < 4.78 is 64.0. The van der Waals surface area contributed by atoms with Gasteiger partial charge in [-0.2, -0.15) is 13.2 Å². The van der Waals surface area contributed by atoms with Crippen LogP contribution in [-0.4, -0.2) is 37.9 Å². The minimum atomic E-state index is -4.47. The van der Waals surface area contributed by atoms with Crippen molar-refractivity contribution in [1.82, 2.24) is 10.2 Å². The average molecular weight is 484 g/mol. The zero-order chi connectivity index (χ0) is 24.4. The van der Waals surface area contributed by atoms with E-state index < -0.39 is 33.7 Å². The van der Waals surface area contributed by atoms with Crippen molar-refractivity contribution < 1.29 is 31.2 Å². The maximum absolute atomic E-state index is 12.9. The summed E-state index contributed by atoms with van der Waals surface area (Å²) in [7, 11) is -3.45. The van der Waals surface area contributed by atoms with Gasteiger partial charge in [0.1, 0.15) is 0 Å². The Morgan fingerprint density at radius 3 is 2.55 bits per heavy atom. The third-order valence-corrected chi connectivity index (χ3v) is 5.87. The second kappa shape index (κ2) is 9.42. The van der Waals surface area contributed by atoms with Crippen molar-refractivity contribution in [1.29, 1.82) is 0 Å². The topological polar surface area (TPSA) is 95.6 Å².